The predicted octanol–water partition coefficient (Wildman–Crippen LogP) is 1.61. The van der Waals surface area contributed by atoms with Gasteiger partial charge in [-0.25, -0.2) is 4.79 Å². The molecule has 1 saturated heterocycles. The van der Waals surface area contributed by atoms with E-state index in [4.69, 9.17) is 23.2 Å². The van der Waals surface area contributed by atoms with Gasteiger partial charge < -0.3 is 0 Å². The van der Waals surface area contributed by atoms with Gasteiger partial charge >= 0.3 is 17.8 Å². The van der Waals surface area contributed by atoms with Gasteiger partial charge in [0.05, 0.1) is 0 Å². The van der Waals surface area contributed by atoms with Gasteiger partial charge in [-0.1, -0.05) is 29.3 Å². The maximum absolute atomic E-state index is 11.3. The normalized spacial score (nSPS) is 15.2. The van der Waals surface area contributed by atoms with E-state index in [1.54, 1.807) is 18.2 Å². The Balaban J connectivity index is 2.06. The first kappa shape index (κ1) is 12.9. The van der Waals surface area contributed by atoms with Crippen molar-refractivity contribution in [3.63, 3.8) is 0 Å². The van der Waals surface area contributed by atoms with Crippen LogP contribution in [0.4, 0.5) is 4.79 Å². The van der Waals surface area contributed by atoms with E-state index in [0.29, 0.717) is 16.5 Å². The molecule has 4 amide bonds. The van der Waals surface area contributed by atoms with Crippen LogP contribution in [0.25, 0.3) is 0 Å². The standard InChI is InChI=1S/C11H8Cl2N2O3/c12-7-2-1-6(8(13)5-7)3-4-15-10(17)9(16)14-11(15)18/h1-2,5H,3-4H2,(H,14,16,18). The largest absolute Gasteiger partial charge is 0.331 e. The number of halogens is 2. The molecule has 94 valence electrons. The fraction of sp³-hybridized carbons (Fsp3) is 0.182. The molecule has 0 radical (unpaired) electrons. The van der Waals surface area contributed by atoms with Gasteiger partial charge in [-0.15, -0.1) is 0 Å². The van der Waals surface area contributed by atoms with E-state index in [1.165, 1.54) is 0 Å². The SMILES string of the molecule is O=C1NC(=O)N(CCc2ccc(Cl)cc2Cl)C1=O. The van der Waals surface area contributed by atoms with Crippen molar-refractivity contribution in [3.05, 3.63) is 33.8 Å². The average Bonchev–Trinajstić information content (AvgIpc) is 2.53. The van der Waals surface area contributed by atoms with Gasteiger partial charge in [-0.2, -0.15) is 0 Å². The van der Waals surface area contributed by atoms with Crippen molar-refractivity contribution in [3.8, 4) is 0 Å². The first-order valence-electron chi connectivity index (χ1n) is 5.10. The van der Waals surface area contributed by atoms with Crippen LogP contribution in [-0.4, -0.2) is 29.3 Å². The van der Waals surface area contributed by atoms with Crippen LogP contribution in [-0.2, 0) is 16.0 Å². The summed E-state index contributed by atoms with van der Waals surface area (Å²) in [6, 6.07) is 4.26. The zero-order valence-corrected chi connectivity index (χ0v) is 10.6. The molecule has 0 aliphatic carbocycles. The monoisotopic (exact) mass is 286 g/mol. The fourth-order valence-electron chi connectivity index (χ4n) is 1.59. The number of amides is 4. The summed E-state index contributed by atoms with van der Waals surface area (Å²) < 4.78 is 0. The summed E-state index contributed by atoms with van der Waals surface area (Å²) in [7, 11) is 0. The molecule has 1 aromatic carbocycles. The quantitative estimate of drug-likeness (QED) is 0.678. The Kier molecular flexibility index (Phi) is 3.54. The Hall–Kier alpha value is -1.59. The van der Waals surface area contributed by atoms with Crippen LogP contribution < -0.4 is 5.32 Å². The minimum atomic E-state index is -0.901. The molecule has 0 spiro atoms. The maximum atomic E-state index is 11.3. The second kappa shape index (κ2) is 4.96. The highest BCUT2D eigenvalue weighted by Crippen LogP contribution is 2.21. The van der Waals surface area contributed by atoms with Crippen molar-refractivity contribution in [1.82, 2.24) is 10.2 Å². The lowest BCUT2D eigenvalue weighted by atomic mass is 10.1. The molecule has 0 unspecified atom stereocenters. The second-order valence-electron chi connectivity index (χ2n) is 3.70. The van der Waals surface area contributed by atoms with Crippen molar-refractivity contribution in [1.29, 1.82) is 0 Å². The molecule has 5 nitrogen and oxygen atoms in total. The number of hydrogen-bond donors (Lipinski definition) is 1. The molecule has 0 bridgehead atoms. The summed E-state index contributed by atoms with van der Waals surface area (Å²) in [5, 5.41) is 2.89. The summed E-state index contributed by atoms with van der Waals surface area (Å²) in [5.41, 5.74) is 0.751. The smallest absolute Gasteiger partial charge is 0.269 e. The highest BCUT2D eigenvalue weighted by atomic mass is 35.5. The molecule has 1 aliphatic heterocycles. The van der Waals surface area contributed by atoms with E-state index in [-0.39, 0.29) is 6.54 Å². The Morgan fingerprint density at radius 2 is 1.89 bits per heavy atom. The molecule has 1 aliphatic rings. The summed E-state index contributed by atoms with van der Waals surface area (Å²) in [5.74, 6) is -1.74. The predicted molar refractivity (Wildman–Crippen MR) is 65.4 cm³/mol. The lowest BCUT2D eigenvalue weighted by Gasteiger charge is -2.11. The fourth-order valence-corrected chi connectivity index (χ4v) is 2.10. The number of imide groups is 2. The summed E-state index contributed by atoms with van der Waals surface area (Å²) in [4.78, 5) is 34.4. The number of benzene rings is 1. The van der Waals surface area contributed by atoms with Crippen molar-refractivity contribution in [2.45, 2.75) is 6.42 Å². The lowest BCUT2D eigenvalue weighted by Crippen LogP contribution is -2.33. The van der Waals surface area contributed by atoms with E-state index < -0.39 is 17.8 Å². The van der Waals surface area contributed by atoms with Gasteiger partial charge in [0.1, 0.15) is 0 Å². The van der Waals surface area contributed by atoms with Crippen molar-refractivity contribution >= 4 is 41.0 Å². The van der Waals surface area contributed by atoms with E-state index in [0.717, 1.165) is 10.5 Å². The number of hydrogen-bond acceptors (Lipinski definition) is 3. The molecule has 0 saturated carbocycles. The van der Waals surface area contributed by atoms with E-state index in [1.807, 2.05) is 5.32 Å². The molecule has 7 heteroatoms. The molecule has 1 fully saturated rings. The third-order valence-electron chi connectivity index (χ3n) is 2.52. The number of urea groups is 1. The Bertz CT molecular complexity index is 545. The van der Waals surface area contributed by atoms with Crippen molar-refractivity contribution in [2.75, 3.05) is 6.54 Å². The average molecular weight is 287 g/mol. The van der Waals surface area contributed by atoms with E-state index in [9.17, 15) is 14.4 Å². The number of nitrogens with zero attached hydrogens (tertiary/aromatic N) is 1. The van der Waals surface area contributed by atoms with Gasteiger partial charge in [0.25, 0.3) is 0 Å². The van der Waals surface area contributed by atoms with Gasteiger partial charge in [0.15, 0.2) is 0 Å². The van der Waals surface area contributed by atoms with Crippen LogP contribution in [0.1, 0.15) is 5.56 Å². The highest BCUT2D eigenvalue weighted by molar-refractivity contribution is 6.44. The molecule has 1 N–H and O–H groups in total. The number of rotatable bonds is 3. The van der Waals surface area contributed by atoms with Crippen LogP contribution in [0.15, 0.2) is 18.2 Å². The third kappa shape index (κ3) is 2.47. The first-order chi connectivity index (χ1) is 8.49. The van der Waals surface area contributed by atoms with Gasteiger partial charge in [-0.3, -0.25) is 19.8 Å². The van der Waals surface area contributed by atoms with Gasteiger partial charge in [0.2, 0.25) is 0 Å². The molecular formula is C11H8Cl2N2O3. The number of carbonyl (C=O) groups excluding carboxylic acids is 3. The van der Waals surface area contributed by atoms with E-state index in [2.05, 4.69) is 0 Å². The maximum Gasteiger partial charge on any atom is 0.331 e. The lowest BCUT2D eigenvalue weighted by molar-refractivity contribution is -0.140. The summed E-state index contributed by atoms with van der Waals surface area (Å²) in [6.45, 7) is 0.0950. The Morgan fingerprint density at radius 3 is 2.44 bits per heavy atom. The molecule has 1 aromatic rings. The minimum absolute atomic E-state index is 0.0950. The molecule has 1 heterocycles. The van der Waals surface area contributed by atoms with Crippen LogP contribution in [0.3, 0.4) is 0 Å². The molecular weight excluding hydrogens is 279 g/mol. The van der Waals surface area contributed by atoms with Crippen LogP contribution >= 0.6 is 23.2 Å². The zero-order chi connectivity index (χ0) is 13.3. The van der Waals surface area contributed by atoms with Crippen molar-refractivity contribution in [2.24, 2.45) is 0 Å². The Morgan fingerprint density at radius 1 is 1.17 bits per heavy atom. The van der Waals surface area contributed by atoms with Crippen LogP contribution in [0, 0.1) is 0 Å². The number of nitrogens with one attached hydrogen (secondary N) is 1. The molecule has 0 aromatic heterocycles. The first-order valence-corrected chi connectivity index (χ1v) is 5.85. The molecule has 0 atom stereocenters. The van der Waals surface area contributed by atoms with Crippen molar-refractivity contribution < 1.29 is 14.4 Å². The van der Waals surface area contributed by atoms with Gasteiger partial charge in [-0.05, 0) is 24.1 Å². The minimum Gasteiger partial charge on any atom is -0.269 e. The van der Waals surface area contributed by atoms with Crippen LogP contribution in [0.2, 0.25) is 10.0 Å². The highest BCUT2D eigenvalue weighted by Gasteiger charge is 2.36. The Labute approximate surface area is 113 Å². The second-order valence-corrected chi connectivity index (χ2v) is 4.55. The molecule has 2 rings (SSSR count). The summed E-state index contributed by atoms with van der Waals surface area (Å²) >= 11 is 11.7. The number of carbonyl (C=O) groups is 3. The van der Waals surface area contributed by atoms with E-state index >= 15 is 0 Å². The topological polar surface area (TPSA) is 66.5 Å². The summed E-state index contributed by atoms with van der Waals surface area (Å²) in [6.07, 6.45) is 0.364. The third-order valence-corrected chi connectivity index (χ3v) is 3.11. The molecule has 18 heavy (non-hydrogen) atoms. The van der Waals surface area contributed by atoms with Gasteiger partial charge in [0, 0.05) is 16.6 Å². The zero-order valence-electron chi connectivity index (χ0n) is 9.07. The van der Waals surface area contributed by atoms with Crippen LogP contribution in [0.5, 0.6) is 0 Å².